The number of anilines is 1. The van der Waals surface area contributed by atoms with E-state index in [1.807, 2.05) is 26.8 Å². The maximum absolute atomic E-state index is 13.3. The molecule has 2 aromatic heterocycles. The summed E-state index contributed by atoms with van der Waals surface area (Å²) in [6.45, 7) is 6.13. The Bertz CT molecular complexity index is 1280. The van der Waals surface area contributed by atoms with Gasteiger partial charge in [0.25, 0.3) is 11.8 Å². The highest BCUT2D eigenvalue weighted by Crippen LogP contribution is 2.34. The van der Waals surface area contributed by atoms with Crippen molar-refractivity contribution in [1.29, 1.82) is 0 Å². The van der Waals surface area contributed by atoms with E-state index < -0.39 is 6.61 Å². The van der Waals surface area contributed by atoms with Gasteiger partial charge >= 0.3 is 0 Å². The smallest absolute Gasteiger partial charge is 0.271 e. The lowest BCUT2D eigenvalue weighted by Gasteiger charge is -2.32. The molecule has 4 rings (SSSR count). The van der Waals surface area contributed by atoms with Crippen LogP contribution >= 0.6 is 0 Å². The molecule has 0 unspecified atom stereocenters. The number of nitrogens with zero attached hydrogens (tertiary/aromatic N) is 2. The average molecular weight is 508 g/mol. The highest BCUT2D eigenvalue weighted by Gasteiger charge is 2.27. The number of carbonyl (C=O) groups excluding carboxylic acids is 3. The lowest BCUT2D eigenvalue weighted by molar-refractivity contribution is -0.135. The molecule has 3 aromatic rings. The second-order valence-electron chi connectivity index (χ2n) is 9.33. The number of benzene rings is 1. The number of aryl methyl sites for hydroxylation is 1. The van der Waals surface area contributed by atoms with E-state index in [2.05, 4.69) is 15.6 Å². The van der Waals surface area contributed by atoms with Crippen molar-refractivity contribution in [2.75, 3.05) is 25.0 Å². The first-order chi connectivity index (χ1) is 17.8. The Morgan fingerprint density at radius 3 is 2.49 bits per heavy atom. The summed E-state index contributed by atoms with van der Waals surface area (Å²) in [6, 6.07) is 10.6. The van der Waals surface area contributed by atoms with Crippen molar-refractivity contribution >= 4 is 34.4 Å². The van der Waals surface area contributed by atoms with Gasteiger partial charge in [-0.3, -0.25) is 14.4 Å². The summed E-state index contributed by atoms with van der Waals surface area (Å²) in [5, 5.41) is 15.7. The molecule has 0 saturated carbocycles. The first kappa shape index (κ1) is 26.2. The van der Waals surface area contributed by atoms with Crippen molar-refractivity contribution in [3.05, 3.63) is 53.3 Å². The van der Waals surface area contributed by atoms with Crippen LogP contribution in [-0.4, -0.2) is 69.5 Å². The molecular formula is C27H33N5O5. The minimum atomic E-state index is -0.511. The van der Waals surface area contributed by atoms with Gasteiger partial charge in [0.05, 0.1) is 22.9 Å². The number of nitrogens with one attached hydrogen (secondary N) is 3. The first-order valence-electron chi connectivity index (χ1n) is 12.6. The number of hydrogen-bond donors (Lipinski definition) is 4. The Hall–Kier alpha value is -3.92. The lowest BCUT2D eigenvalue weighted by atomic mass is 10.0. The van der Waals surface area contributed by atoms with Gasteiger partial charge in [0.15, 0.2) is 5.75 Å². The van der Waals surface area contributed by atoms with Crippen molar-refractivity contribution in [3.63, 3.8) is 0 Å². The number of ether oxygens (including phenoxy) is 1. The summed E-state index contributed by atoms with van der Waals surface area (Å²) < 4.78 is 6.06. The molecule has 0 aliphatic carbocycles. The van der Waals surface area contributed by atoms with E-state index in [1.54, 1.807) is 35.2 Å². The van der Waals surface area contributed by atoms with Crippen LogP contribution in [-0.2, 0) is 11.2 Å². The Balaban J connectivity index is 1.61. The second kappa shape index (κ2) is 11.4. The largest absolute Gasteiger partial charge is 0.488 e. The molecule has 0 atom stereocenters. The fourth-order valence-corrected chi connectivity index (χ4v) is 4.44. The number of likely N-dealkylation sites (tertiary alicyclic amines) is 1. The number of aliphatic hydroxyl groups is 1. The fraction of sp³-hybridized carbons (Fsp3) is 0.407. The number of carbonyl (C=O) groups is 3. The van der Waals surface area contributed by atoms with Gasteiger partial charge < -0.3 is 30.4 Å². The average Bonchev–Trinajstić information content (AvgIpc) is 3.25. The number of aromatic nitrogens is 2. The van der Waals surface area contributed by atoms with Crippen LogP contribution in [0.2, 0.25) is 0 Å². The minimum Gasteiger partial charge on any atom is -0.488 e. The molecule has 10 heteroatoms. The molecule has 1 aliphatic heterocycles. The number of aromatic amines is 1. The summed E-state index contributed by atoms with van der Waals surface area (Å²) in [6.07, 6.45) is 1.55. The molecule has 4 N–H and O–H groups in total. The van der Waals surface area contributed by atoms with Gasteiger partial charge in [-0.1, -0.05) is 25.1 Å². The Morgan fingerprint density at radius 1 is 1.16 bits per heavy atom. The molecule has 196 valence electrons. The molecule has 10 nitrogen and oxygen atoms in total. The molecule has 1 saturated heterocycles. The predicted molar refractivity (Wildman–Crippen MR) is 140 cm³/mol. The number of aliphatic hydroxyl groups excluding tert-OH is 1. The third-order valence-electron chi connectivity index (χ3n) is 6.33. The van der Waals surface area contributed by atoms with Gasteiger partial charge in [0.2, 0.25) is 5.91 Å². The molecular weight excluding hydrogens is 474 g/mol. The molecule has 0 bridgehead atoms. The van der Waals surface area contributed by atoms with Crippen molar-refractivity contribution in [2.24, 2.45) is 0 Å². The molecule has 0 spiro atoms. The summed E-state index contributed by atoms with van der Waals surface area (Å²) in [4.78, 5) is 47.3. The van der Waals surface area contributed by atoms with E-state index >= 15 is 0 Å². The Kier molecular flexibility index (Phi) is 8.08. The standard InChI is InChI=1S/C27H33N5O5/c1-4-20-21(30-26(35)17-8-6-5-7-9-17)14-19-24(37-16(2)3)23(31-25(19)29-20)27(36)28-18-10-12-32(13-11-18)22(34)15-33/h5-9,14,16,18,33H,4,10-13,15H2,1-3H3,(H,28,36)(H,29,31)(H,30,35). The summed E-state index contributed by atoms with van der Waals surface area (Å²) in [5.74, 6) is -0.502. The van der Waals surface area contributed by atoms with Gasteiger partial charge in [-0.05, 0) is 51.3 Å². The van der Waals surface area contributed by atoms with E-state index in [0.717, 1.165) is 0 Å². The van der Waals surface area contributed by atoms with Crippen LogP contribution in [0.15, 0.2) is 36.4 Å². The molecule has 1 aromatic carbocycles. The summed E-state index contributed by atoms with van der Waals surface area (Å²) in [5.41, 5.74) is 2.54. The van der Waals surface area contributed by atoms with Gasteiger partial charge in [0.1, 0.15) is 17.9 Å². The number of hydrogen-bond acceptors (Lipinski definition) is 6. The number of H-pyrrole nitrogens is 1. The topological polar surface area (TPSA) is 137 Å². The van der Waals surface area contributed by atoms with E-state index in [9.17, 15) is 14.4 Å². The number of fused-ring (bicyclic) bond motifs is 1. The Labute approximate surface area is 215 Å². The zero-order chi connectivity index (χ0) is 26.5. The fourth-order valence-electron chi connectivity index (χ4n) is 4.44. The number of pyridine rings is 1. The van der Waals surface area contributed by atoms with Crippen LogP contribution in [0.1, 0.15) is 60.2 Å². The maximum Gasteiger partial charge on any atom is 0.271 e. The maximum atomic E-state index is 13.3. The van der Waals surface area contributed by atoms with Gasteiger partial charge in [-0.25, -0.2) is 4.98 Å². The number of amides is 3. The molecule has 0 radical (unpaired) electrons. The highest BCUT2D eigenvalue weighted by atomic mass is 16.5. The zero-order valence-corrected chi connectivity index (χ0v) is 21.3. The first-order valence-corrected chi connectivity index (χ1v) is 12.6. The SMILES string of the molecule is CCc1nc2[nH]c(C(=O)NC3CCN(C(=O)CO)CC3)c(OC(C)C)c2cc1NC(=O)c1ccccc1. The summed E-state index contributed by atoms with van der Waals surface area (Å²) >= 11 is 0. The van der Waals surface area contributed by atoms with E-state index in [-0.39, 0.29) is 35.6 Å². The van der Waals surface area contributed by atoms with Crippen molar-refractivity contribution in [3.8, 4) is 5.75 Å². The van der Waals surface area contributed by atoms with Crippen LogP contribution in [0.4, 0.5) is 5.69 Å². The molecule has 3 heterocycles. The van der Waals surface area contributed by atoms with Gasteiger partial charge in [0, 0.05) is 24.7 Å². The zero-order valence-electron chi connectivity index (χ0n) is 21.3. The van der Waals surface area contributed by atoms with Crippen molar-refractivity contribution in [1.82, 2.24) is 20.2 Å². The van der Waals surface area contributed by atoms with Crippen molar-refractivity contribution < 1.29 is 24.2 Å². The molecule has 1 fully saturated rings. The van der Waals surface area contributed by atoms with Crippen LogP contribution in [0.3, 0.4) is 0 Å². The van der Waals surface area contributed by atoms with Crippen molar-refractivity contribution in [2.45, 2.75) is 52.2 Å². The quantitative estimate of drug-likeness (QED) is 0.370. The third kappa shape index (κ3) is 5.91. The number of piperidine rings is 1. The summed E-state index contributed by atoms with van der Waals surface area (Å²) in [7, 11) is 0. The van der Waals surface area contributed by atoms with E-state index in [4.69, 9.17) is 14.8 Å². The number of rotatable bonds is 8. The van der Waals surface area contributed by atoms with Crippen LogP contribution in [0.25, 0.3) is 11.0 Å². The van der Waals surface area contributed by atoms with E-state index in [0.29, 0.717) is 66.1 Å². The van der Waals surface area contributed by atoms with Crippen LogP contribution in [0.5, 0.6) is 5.75 Å². The molecule has 3 amide bonds. The Morgan fingerprint density at radius 2 is 1.86 bits per heavy atom. The molecule has 1 aliphatic rings. The lowest BCUT2D eigenvalue weighted by Crippen LogP contribution is -2.47. The molecule has 37 heavy (non-hydrogen) atoms. The van der Waals surface area contributed by atoms with Gasteiger partial charge in [-0.15, -0.1) is 0 Å². The van der Waals surface area contributed by atoms with E-state index in [1.165, 1.54) is 0 Å². The predicted octanol–water partition coefficient (Wildman–Crippen LogP) is 2.88. The highest BCUT2D eigenvalue weighted by molar-refractivity contribution is 6.07. The van der Waals surface area contributed by atoms with Crippen LogP contribution in [0, 0.1) is 0 Å². The normalized spacial score (nSPS) is 14.1. The second-order valence-corrected chi connectivity index (χ2v) is 9.33. The minimum absolute atomic E-state index is 0.117. The third-order valence-corrected chi connectivity index (χ3v) is 6.33. The van der Waals surface area contributed by atoms with Gasteiger partial charge in [-0.2, -0.15) is 0 Å². The van der Waals surface area contributed by atoms with Crippen LogP contribution < -0.4 is 15.4 Å². The monoisotopic (exact) mass is 507 g/mol.